The van der Waals surface area contributed by atoms with E-state index in [0.717, 1.165) is 0 Å². The van der Waals surface area contributed by atoms with Crippen LogP contribution in [0.25, 0.3) is 0 Å². The first kappa shape index (κ1) is 40.1. The number of hydrogen-bond acceptors (Lipinski definition) is 13. The molecule has 0 aromatic heterocycles. The summed E-state index contributed by atoms with van der Waals surface area (Å²) in [5.74, 6) is -4.75. The minimum atomic E-state index is -2.20. The number of nitrogens with zero attached hydrogens (tertiary/aromatic N) is 1. The number of hydrazone groups is 1. The van der Waals surface area contributed by atoms with E-state index >= 15 is 4.79 Å². The van der Waals surface area contributed by atoms with Crippen LogP contribution in [0.3, 0.4) is 0 Å². The van der Waals surface area contributed by atoms with Crippen LogP contribution in [-0.4, -0.2) is 93.8 Å². The quantitative estimate of drug-likeness (QED) is 0.181. The maximum atomic E-state index is 15.2. The molecule has 1 amide bonds. The number of fused-ring (bicyclic) bond motifs is 4. The van der Waals surface area contributed by atoms with Gasteiger partial charge in [-0.2, -0.15) is 5.10 Å². The zero-order chi connectivity index (χ0) is 42.1. The van der Waals surface area contributed by atoms with Gasteiger partial charge in [-0.15, -0.1) is 0 Å². The number of carbonyl (C=O) groups excluding carboxylic acids is 5. The third-order valence-corrected chi connectivity index (χ3v) is 13.4. The number of nitrogens with one attached hydrogen (secondary N) is 2. The van der Waals surface area contributed by atoms with Crippen molar-refractivity contribution in [3.63, 3.8) is 0 Å². The molecule has 0 unspecified atom stereocenters. The van der Waals surface area contributed by atoms with Crippen molar-refractivity contribution in [3.8, 4) is 0 Å². The van der Waals surface area contributed by atoms with E-state index in [2.05, 4.69) is 15.8 Å². The van der Waals surface area contributed by atoms with Gasteiger partial charge in [0.15, 0.2) is 11.7 Å². The summed E-state index contributed by atoms with van der Waals surface area (Å²) in [6.45, 7) is 7.89. The van der Waals surface area contributed by atoms with Crippen LogP contribution in [0.4, 0.5) is 0 Å². The minimum absolute atomic E-state index is 0.0781. The summed E-state index contributed by atoms with van der Waals surface area (Å²) < 4.78 is 24.8. The van der Waals surface area contributed by atoms with E-state index in [4.69, 9.17) is 18.9 Å². The number of esters is 3. The molecule has 8 rings (SSSR count). The lowest BCUT2D eigenvalue weighted by Crippen LogP contribution is -2.81. The number of ketones is 1. The molecule has 3 fully saturated rings. The van der Waals surface area contributed by atoms with Gasteiger partial charge in [-0.05, 0) is 42.3 Å². The number of Topliss-reactive ketones (excluding diaryl/α,β-unsaturated/α-hetero) is 1. The summed E-state index contributed by atoms with van der Waals surface area (Å²) in [4.78, 5) is 70.0. The first-order valence-electron chi connectivity index (χ1n) is 19.7. The lowest BCUT2D eigenvalue weighted by atomic mass is 9.44. The molecule has 59 heavy (non-hydrogen) atoms. The Morgan fingerprint density at radius 1 is 0.915 bits per heavy atom. The number of benzene rings is 3. The predicted octanol–water partition coefficient (Wildman–Crippen LogP) is 3.77. The van der Waals surface area contributed by atoms with Crippen molar-refractivity contribution in [1.82, 2.24) is 10.7 Å². The molecule has 0 spiro atoms. The van der Waals surface area contributed by atoms with Gasteiger partial charge in [0.1, 0.15) is 29.6 Å². The molecular formula is C45H47N3O11. The molecule has 10 atom stereocenters. The van der Waals surface area contributed by atoms with E-state index < -0.39 is 100 Å². The molecule has 4 N–H and O–H groups in total. The van der Waals surface area contributed by atoms with Gasteiger partial charge in [-0.1, -0.05) is 87.5 Å². The van der Waals surface area contributed by atoms with Crippen molar-refractivity contribution >= 4 is 35.3 Å². The Morgan fingerprint density at radius 3 is 2.12 bits per heavy atom. The second-order valence-electron chi connectivity index (χ2n) is 16.9. The molecule has 2 aliphatic heterocycles. The zero-order valence-corrected chi connectivity index (χ0v) is 33.3. The van der Waals surface area contributed by atoms with Crippen molar-refractivity contribution in [2.45, 2.75) is 95.2 Å². The topological polar surface area (TPSA) is 199 Å². The van der Waals surface area contributed by atoms with Crippen LogP contribution in [0.1, 0.15) is 79.8 Å². The fourth-order valence-corrected chi connectivity index (χ4v) is 10.3. The molecule has 3 aliphatic carbocycles. The molecule has 2 saturated carbocycles. The first-order chi connectivity index (χ1) is 28.0. The average molecular weight is 806 g/mol. The van der Waals surface area contributed by atoms with Gasteiger partial charge in [-0.25, -0.2) is 9.59 Å². The molecule has 5 aliphatic rings. The Balaban J connectivity index is 1.24. The van der Waals surface area contributed by atoms with E-state index in [1.807, 2.05) is 0 Å². The summed E-state index contributed by atoms with van der Waals surface area (Å²) in [7, 11) is 0. The van der Waals surface area contributed by atoms with Gasteiger partial charge in [0.2, 0.25) is 5.78 Å². The monoisotopic (exact) mass is 805 g/mol. The Bertz CT molecular complexity index is 2260. The molecule has 0 radical (unpaired) electrons. The van der Waals surface area contributed by atoms with Crippen LogP contribution in [-0.2, 0) is 33.3 Å². The number of ether oxygens (including phenoxy) is 4. The average Bonchev–Trinajstić information content (AvgIpc) is 3.55. The Hall–Kier alpha value is -5.70. The highest BCUT2D eigenvalue weighted by atomic mass is 16.6. The van der Waals surface area contributed by atoms with Crippen LogP contribution in [0.15, 0.2) is 107 Å². The highest BCUT2D eigenvalue weighted by Crippen LogP contribution is 2.64. The van der Waals surface area contributed by atoms with E-state index in [0.29, 0.717) is 23.1 Å². The van der Waals surface area contributed by atoms with Gasteiger partial charge in [0.25, 0.3) is 5.91 Å². The summed E-state index contributed by atoms with van der Waals surface area (Å²) in [5.41, 5.74) is -1.97. The molecule has 1 saturated heterocycles. The molecule has 3 aromatic carbocycles. The van der Waals surface area contributed by atoms with Crippen molar-refractivity contribution in [1.29, 1.82) is 0 Å². The third kappa shape index (κ3) is 6.18. The molecule has 2 heterocycles. The molecule has 14 nitrogen and oxygen atoms in total. The molecule has 308 valence electrons. The largest absolute Gasteiger partial charge is 0.456 e. The summed E-state index contributed by atoms with van der Waals surface area (Å²) in [6, 6.07) is 23.2. The number of aliphatic hydroxyl groups excluding tert-OH is 1. The van der Waals surface area contributed by atoms with E-state index in [1.54, 1.807) is 119 Å². The van der Waals surface area contributed by atoms with Crippen molar-refractivity contribution < 1.29 is 53.1 Å². The van der Waals surface area contributed by atoms with Crippen LogP contribution in [0.2, 0.25) is 0 Å². The maximum absolute atomic E-state index is 15.2. The van der Waals surface area contributed by atoms with Gasteiger partial charge < -0.3 is 39.9 Å². The van der Waals surface area contributed by atoms with E-state index in [1.165, 1.54) is 6.92 Å². The molecule has 14 heteroatoms. The smallest absolute Gasteiger partial charge is 0.338 e. The number of rotatable bonds is 9. The molecular weight excluding hydrogens is 759 g/mol. The van der Waals surface area contributed by atoms with Gasteiger partial charge >= 0.3 is 17.9 Å². The van der Waals surface area contributed by atoms with E-state index in [9.17, 15) is 29.4 Å². The third-order valence-electron chi connectivity index (χ3n) is 13.4. The van der Waals surface area contributed by atoms with E-state index in [-0.39, 0.29) is 23.5 Å². The highest BCUT2D eigenvalue weighted by molar-refractivity contribution is 6.48. The van der Waals surface area contributed by atoms with Crippen molar-refractivity contribution in [2.24, 2.45) is 21.8 Å². The fourth-order valence-electron chi connectivity index (χ4n) is 10.3. The standard InChI is InChI=1S/C45H47N3O11/c1-24-29(57-41(54)35(51)33(26-15-9-6-10-16-26)46-39(52)27-17-11-7-12-18-27)22-45(55)38(58-40(53)28-19-13-8-14-20-28)36-43(5)30(21-31-44(36,23-56-31)59-25(2)49)47-48-37(43)34(50)32(24)42(45,3)4/h6-20,29-31,33,35-36,38,47,51,55H,21-23H2,1-5H3,(H,46,52)/t29-,30-,31+,33-,35+,36-,38-,43+,44-,45+/m0/s1. The Kier molecular flexibility index (Phi) is 9.88. The lowest BCUT2D eigenvalue weighted by Gasteiger charge is -2.66. The Morgan fingerprint density at radius 2 is 1.53 bits per heavy atom. The van der Waals surface area contributed by atoms with Crippen LogP contribution in [0.5, 0.6) is 0 Å². The Labute approximate surface area is 340 Å². The van der Waals surface area contributed by atoms with Gasteiger partial charge in [0, 0.05) is 41.7 Å². The number of carbonyl (C=O) groups is 5. The van der Waals surface area contributed by atoms with Crippen molar-refractivity contribution in [3.05, 3.63) is 119 Å². The second-order valence-corrected chi connectivity index (χ2v) is 16.9. The summed E-state index contributed by atoms with van der Waals surface area (Å²) in [5, 5.41) is 32.7. The first-order valence-corrected chi connectivity index (χ1v) is 19.7. The normalized spacial score (nSPS) is 32.2. The highest BCUT2D eigenvalue weighted by Gasteiger charge is 2.78. The van der Waals surface area contributed by atoms with Crippen LogP contribution in [0, 0.1) is 16.7 Å². The minimum Gasteiger partial charge on any atom is -0.456 e. The lowest BCUT2D eigenvalue weighted by molar-refractivity contribution is -0.329. The fraction of sp³-hybridized carbons (Fsp3) is 0.422. The van der Waals surface area contributed by atoms with Crippen LogP contribution < -0.4 is 10.7 Å². The second kappa shape index (κ2) is 14.5. The predicted molar refractivity (Wildman–Crippen MR) is 210 cm³/mol. The summed E-state index contributed by atoms with van der Waals surface area (Å²) in [6.07, 6.45) is -5.66. The number of hydrogen-bond donors (Lipinski definition) is 4. The summed E-state index contributed by atoms with van der Waals surface area (Å²) >= 11 is 0. The van der Waals surface area contributed by atoms with Gasteiger partial charge in [-0.3, -0.25) is 14.4 Å². The SMILES string of the molecule is CC(=O)O[C@@]12CO[C@@H]1C[C@@H]1NN=C3C(=O)C4=C(C)[C@@H](OC(=O)[C@H](O)[C@@H](NC(=O)c5ccccc5)c5ccccc5)C[C@@](O)([C@@H](OC(=O)c5ccccc5)[C@H]2[C@]31C)C4(C)C. The maximum Gasteiger partial charge on any atom is 0.338 e. The number of aliphatic hydroxyl groups is 2. The number of amides is 1. The van der Waals surface area contributed by atoms with Gasteiger partial charge in [0.05, 0.1) is 30.2 Å². The van der Waals surface area contributed by atoms with Crippen molar-refractivity contribution in [2.75, 3.05) is 6.61 Å². The van der Waals surface area contributed by atoms with Crippen LogP contribution >= 0.6 is 0 Å². The zero-order valence-electron chi connectivity index (χ0n) is 33.3. The molecule has 3 aromatic rings. The molecule has 2 bridgehead atoms.